The summed E-state index contributed by atoms with van der Waals surface area (Å²) in [7, 11) is 0. The zero-order chi connectivity index (χ0) is 8.91. The Morgan fingerprint density at radius 3 is 2.27 bits per heavy atom. The Balaban J connectivity index is 3.81. The largest absolute Gasteiger partial charge is 0.303 e. The van der Waals surface area contributed by atoms with E-state index in [0.717, 1.165) is 19.0 Å². The molecule has 1 atom stereocenters. The third kappa shape index (κ3) is 4.71. The van der Waals surface area contributed by atoms with Crippen molar-refractivity contribution in [3.63, 3.8) is 0 Å². The first-order valence-electron chi connectivity index (χ1n) is 3.92. The van der Waals surface area contributed by atoms with Gasteiger partial charge in [0.1, 0.15) is 12.6 Å². The van der Waals surface area contributed by atoms with E-state index in [1.54, 1.807) is 0 Å². The van der Waals surface area contributed by atoms with Gasteiger partial charge in [0.2, 0.25) is 0 Å². The zero-order valence-corrected chi connectivity index (χ0v) is 7.46. The highest BCUT2D eigenvalue weighted by Crippen LogP contribution is 2.23. The third-order valence-electron chi connectivity index (χ3n) is 1.69. The smallest absolute Gasteiger partial charge is 0.125 e. The molecule has 0 aliphatic rings. The normalized spacial score (nSPS) is 14.1. The maximum absolute atomic E-state index is 10.5. The average Bonchev–Trinajstić information content (AvgIpc) is 1.87. The number of aldehydes is 2. The molecule has 0 spiro atoms. The molecule has 0 bridgehead atoms. The Morgan fingerprint density at radius 1 is 1.36 bits per heavy atom. The summed E-state index contributed by atoms with van der Waals surface area (Å²) in [5.74, 6) is 0.313. The maximum atomic E-state index is 10.5. The van der Waals surface area contributed by atoms with Crippen LogP contribution in [0.2, 0.25) is 0 Å². The number of carbonyl (C=O) groups excluding carboxylic acids is 2. The first-order chi connectivity index (χ1) is 5.02. The SMILES string of the molecule is CC(CC=O)CC(C)(C)C=O. The van der Waals surface area contributed by atoms with Crippen molar-refractivity contribution < 1.29 is 9.59 Å². The second kappa shape index (κ2) is 4.27. The summed E-state index contributed by atoms with van der Waals surface area (Å²) in [4.78, 5) is 20.6. The summed E-state index contributed by atoms with van der Waals surface area (Å²) >= 11 is 0. The second-order valence-electron chi connectivity index (χ2n) is 3.82. The van der Waals surface area contributed by atoms with Crippen LogP contribution in [0, 0.1) is 11.3 Å². The molecule has 0 amide bonds. The van der Waals surface area contributed by atoms with Gasteiger partial charge in [-0.15, -0.1) is 0 Å². The van der Waals surface area contributed by atoms with Gasteiger partial charge in [-0.3, -0.25) is 0 Å². The van der Waals surface area contributed by atoms with Gasteiger partial charge in [-0.1, -0.05) is 20.8 Å². The summed E-state index contributed by atoms with van der Waals surface area (Å²) in [6.07, 6.45) is 3.20. The summed E-state index contributed by atoms with van der Waals surface area (Å²) < 4.78 is 0. The van der Waals surface area contributed by atoms with Crippen LogP contribution < -0.4 is 0 Å². The zero-order valence-electron chi connectivity index (χ0n) is 7.46. The molecule has 0 aromatic carbocycles. The molecule has 0 heterocycles. The molecule has 0 aromatic rings. The van der Waals surface area contributed by atoms with Crippen LogP contribution in [-0.4, -0.2) is 12.6 Å². The lowest BCUT2D eigenvalue weighted by atomic mass is 9.84. The minimum absolute atomic E-state index is 0.275. The Morgan fingerprint density at radius 2 is 1.91 bits per heavy atom. The first-order valence-corrected chi connectivity index (χ1v) is 3.92. The lowest BCUT2D eigenvalue weighted by Crippen LogP contribution is -2.17. The van der Waals surface area contributed by atoms with Crippen LogP contribution in [0.1, 0.15) is 33.6 Å². The monoisotopic (exact) mass is 156 g/mol. The van der Waals surface area contributed by atoms with Gasteiger partial charge in [-0.05, 0) is 12.3 Å². The molecule has 0 fully saturated rings. The van der Waals surface area contributed by atoms with Gasteiger partial charge < -0.3 is 9.59 Å². The summed E-state index contributed by atoms with van der Waals surface area (Å²) in [5, 5.41) is 0. The van der Waals surface area contributed by atoms with Gasteiger partial charge in [0, 0.05) is 11.8 Å². The van der Waals surface area contributed by atoms with Crippen molar-refractivity contribution in [3.8, 4) is 0 Å². The molecular formula is C9H16O2. The van der Waals surface area contributed by atoms with Gasteiger partial charge in [0.05, 0.1) is 0 Å². The van der Waals surface area contributed by atoms with Crippen LogP contribution in [0.3, 0.4) is 0 Å². The molecule has 0 aliphatic carbocycles. The topological polar surface area (TPSA) is 34.1 Å². The van der Waals surface area contributed by atoms with E-state index < -0.39 is 0 Å². The van der Waals surface area contributed by atoms with Gasteiger partial charge in [0.25, 0.3) is 0 Å². The van der Waals surface area contributed by atoms with E-state index in [2.05, 4.69) is 0 Å². The van der Waals surface area contributed by atoms with Crippen LogP contribution in [0.5, 0.6) is 0 Å². The van der Waals surface area contributed by atoms with E-state index >= 15 is 0 Å². The second-order valence-corrected chi connectivity index (χ2v) is 3.82. The fourth-order valence-electron chi connectivity index (χ4n) is 1.19. The predicted octanol–water partition coefficient (Wildman–Crippen LogP) is 1.83. The van der Waals surface area contributed by atoms with Crippen molar-refractivity contribution in [2.75, 3.05) is 0 Å². The molecule has 0 saturated carbocycles. The third-order valence-corrected chi connectivity index (χ3v) is 1.69. The molecular weight excluding hydrogens is 140 g/mol. The van der Waals surface area contributed by atoms with Gasteiger partial charge in [0.15, 0.2) is 0 Å². The highest BCUT2D eigenvalue weighted by atomic mass is 16.1. The number of hydrogen-bond acceptors (Lipinski definition) is 2. The van der Waals surface area contributed by atoms with Gasteiger partial charge in [-0.2, -0.15) is 0 Å². The minimum atomic E-state index is -0.275. The molecule has 2 nitrogen and oxygen atoms in total. The average molecular weight is 156 g/mol. The van der Waals surface area contributed by atoms with Crippen LogP contribution in [0.4, 0.5) is 0 Å². The molecule has 64 valence electrons. The molecule has 1 unspecified atom stereocenters. The fraction of sp³-hybridized carbons (Fsp3) is 0.778. The molecule has 0 N–H and O–H groups in total. The lowest BCUT2D eigenvalue weighted by molar-refractivity contribution is -0.116. The van der Waals surface area contributed by atoms with Crippen molar-refractivity contribution in [3.05, 3.63) is 0 Å². The van der Waals surface area contributed by atoms with E-state index in [0.29, 0.717) is 12.3 Å². The van der Waals surface area contributed by atoms with Crippen molar-refractivity contribution in [2.45, 2.75) is 33.6 Å². The first kappa shape index (κ1) is 10.3. The fourth-order valence-corrected chi connectivity index (χ4v) is 1.19. The van der Waals surface area contributed by atoms with E-state index in [-0.39, 0.29) is 5.41 Å². The van der Waals surface area contributed by atoms with Crippen LogP contribution in [-0.2, 0) is 9.59 Å². The Kier molecular flexibility index (Phi) is 4.01. The highest BCUT2D eigenvalue weighted by Gasteiger charge is 2.19. The van der Waals surface area contributed by atoms with E-state index in [1.165, 1.54) is 0 Å². The van der Waals surface area contributed by atoms with Crippen LogP contribution in [0.25, 0.3) is 0 Å². The molecule has 0 saturated heterocycles. The predicted molar refractivity (Wildman–Crippen MR) is 44.3 cm³/mol. The number of rotatable bonds is 5. The van der Waals surface area contributed by atoms with E-state index in [9.17, 15) is 9.59 Å². The Hall–Kier alpha value is -0.660. The Labute approximate surface area is 68.0 Å². The number of hydrogen-bond donors (Lipinski definition) is 0. The van der Waals surface area contributed by atoms with Crippen molar-refractivity contribution in [1.82, 2.24) is 0 Å². The van der Waals surface area contributed by atoms with Crippen LogP contribution >= 0.6 is 0 Å². The summed E-state index contributed by atoms with van der Waals surface area (Å²) in [5.41, 5.74) is -0.275. The molecule has 11 heavy (non-hydrogen) atoms. The molecule has 0 aromatic heterocycles. The maximum Gasteiger partial charge on any atom is 0.125 e. The molecule has 2 heteroatoms. The summed E-state index contributed by atoms with van der Waals surface area (Å²) in [6.45, 7) is 5.77. The van der Waals surface area contributed by atoms with Crippen molar-refractivity contribution >= 4 is 12.6 Å². The van der Waals surface area contributed by atoms with Crippen molar-refractivity contribution in [1.29, 1.82) is 0 Å². The molecule has 0 aliphatic heterocycles. The minimum Gasteiger partial charge on any atom is -0.303 e. The van der Waals surface area contributed by atoms with Crippen molar-refractivity contribution in [2.24, 2.45) is 11.3 Å². The quantitative estimate of drug-likeness (QED) is 0.569. The summed E-state index contributed by atoms with van der Waals surface area (Å²) in [6, 6.07) is 0. The Bertz CT molecular complexity index is 138. The van der Waals surface area contributed by atoms with Crippen LogP contribution in [0.15, 0.2) is 0 Å². The highest BCUT2D eigenvalue weighted by molar-refractivity contribution is 5.58. The van der Waals surface area contributed by atoms with E-state index in [1.807, 2.05) is 20.8 Å². The van der Waals surface area contributed by atoms with Gasteiger partial charge in [-0.25, -0.2) is 0 Å². The van der Waals surface area contributed by atoms with E-state index in [4.69, 9.17) is 0 Å². The van der Waals surface area contributed by atoms with Gasteiger partial charge >= 0.3 is 0 Å². The lowest BCUT2D eigenvalue weighted by Gasteiger charge is -2.19. The molecule has 0 radical (unpaired) electrons. The molecule has 0 rings (SSSR count). The standard InChI is InChI=1S/C9H16O2/c1-8(4-5-10)6-9(2,3)7-11/h5,7-8H,4,6H2,1-3H3. The number of carbonyl (C=O) groups is 2.